The Balaban J connectivity index is 1.35. The fourth-order valence-corrected chi connectivity index (χ4v) is 4.06. The molecule has 0 radical (unpaired) electrons. The Hall–Kier alpha value is -3.32. The zero-order valence-corrected chi connectivity index (χ0v) is 18.4. The van der Waals surface area contributed by atoms with Gasteiger partial charge in [0.15, 0.2) is 0 Å². The maximum Gasteiger partial charge on any atom is 0.267 e. The number of hydrogen-bond donors (Lipinski definition) is 1. The van der Waals surface area contributed by atoms with E-state index in [2.05, 4.69) is 45.0 Å². The summed E-state index contributed by atoms with van der Waals surface area (Å²) >= 11 is 1.64. The van der Waals surface area contributed by atoms with Gasteiger partial charge in [-0.15, -0.1) is 11.3 Å². The van der Waals surface area contributed by atoms with Crippen LogP contribution >= 0.6 is 11.3 Å². The number of nitrogens with one attached hydrogen (secondary N) is 1. The van der Waals surface area contributed by atoms with Gasteiger partial charge < -0.3 is 5.32 Å². The number of thiazole rings is 1. The van der Waals surface area contributed by atoms with E-state index in [0.717, 1.165) is 33.8 Å². The first-order valence-electron chi connectivity index (χ1n) is 10.3. The minimum atomic E-state index is -0.222. The molecule has 158 valence electrons. The molecule has 31 heavy (non-hydrogen) atoms. The largest absolute Gasteiger partial charge is 0.351 e. The number of aryl methyl sites for hydroxylation is 2. The van der Waals surface area contributed by atoms with E-state index in [-0.39, 0.29) is 18.2 Å². The molecule has 0 unspecified atom stereocenters. The molecular formula is C24H24N4O2S. The molecule has 0 saturated carbocycles. The zero-order chi connectivity index (χ0) is 21.8. The number of carbonyl (C=O) groups excluding carboxylic acids is 2. The van der Waals surface area contributed by atoms with Gasteiger partial charge >= 0.3 is 0 Å². The van der Waals surface area contributed by atoms with Crippen molar-refractivity contribution in [3.8, 4) is 11.3 Å². The second-order valence-electron chi connectivity index (χ2n) is 7.55. The van der Waals surface area contributed by atoms with Crippen LogP contribution in [0.15, 0.2) is 59.0 Å². The van der Waals surface area contributed by atoms with Crippen molar-refractivity contribution in [2.45, 2.75) is 33.1 Å². The van der Waals surface area contributed by atoms with Crippen molar-refractivity contribution in [2.75, 3.05) is 11.6 Å². The summed E-state index contributed by atoms with van der Waals surface area (Å²) in [5.74, 6) is -0.322. The second kappa shape index (κ2) is 9.22. The summed E-state index contributed by atoms with van der Waals surface area (Å²) in [5, 5.41) is 11.7. The minimum absolute atomic E-state index is 0.0995. The second-order valence-corrected chi connectivity index (χ2v) is 8.61. The number of nitrogens with zero attached hydrogens (tertiary/aromatic N) is 3. The topological polar surface area (TPSA) is 74.7 Å². The Morgan fingerprint density at radius 2 is 1.94 bits per heavy atom. The molecule has 3 aromatic rings. The van der Waals surface area contributed by atoms with Crippen LogP contribution in [-0.2, 0) is 16.0 Å². The first-order valence-corrected chi connectivity index (χ1v) is 11.1. The molecule has 0 bridgehead atoms. The van der Waals surface area contributed by atoms with E-state index in [1.807, 2.05) is 38.1 Å². The van der Waals surface area contributed by atoms with Crippen molar-refractivity contribution in [1.82, 2.24) is 10.3 Å². The SMILES string of the molecule is Cc1cccc(N2N=C(C(=O)NCCc3ccc(-c4csc(C)n4)cc3)CCC2=O)c1. The summed E-state index contributed by atoms with van der Waals surface area (Å²) in [6, 6.07) is 15.8. The van der Waals surface area contributed by atoms with E-state index >= 15 is 0 Å². The number of amides is 2. The standard InChI is InChI=1S/C24H24N4O2S/c1-16-4-3-5-20(14-16)28-23(29)11-10-21(27-28)24(30)25-13-12-18-6-8-19(9-7-18)22-15-31-17(2)26-22/h3-9,14-15H,10-13H2,1-2H3,(H,25,30). The molecule has 1 N–H and O–H groups in total. The molecule has 0 spiro atoms. The summed E-state index contributed by atoms with van der Waals surface area (Å²) in [5.41, 5.74) is 5.33. The average molecular weight is 433 g/mol. The van der Waals surface area contributed by atoms with Crippen molar-refractivity contribution >= 4 is 34.6 Å². The summed E-state index contributed by atoms with van der Waals surface area (Å²) < 4.78 is 0. The molecule has 0 atom stereocenters. The maximum atomic E-state index is 12.6. The predicted octanol–water partition coefficient (Wildman–Crippen LogP) is 4.27. The van der Waals surface area contributed by atoms with Crippen LogP contribution in [0, 0.1) is 13.8 Å². The van der Waals surface area contributed by atoms with Crippen molar-refractivity contribution in [3.05, 3.63) is 70.0 Å². The highest BCUT2D eigenvalue weighted by molar-refractivity contribution is 7.09. The lowest BCUT2D eigenvalue weighted by atomic mass is 10.1. The molecule has 2 heterocycles. The van der Waals surface area contributed by atoms with Gasteiger partial charge in [-0.05, 0) is 43.5 Å². The molecule has 0 saturated heterocycles. The van der Waals surface area contributed by atoms with E-state index in [1.165, 1.54) is 5.01 Å². The van der Waals surface area contributed by atoms with Crippen molar-refractivity contribution in [2.24, 2.45) is 5.10 Å². The van der Waals surface area contributed by atoms with Gasteiger partial charge in [-0.3, -0.25) is 9.59 Å². The van der Waals surface area contributed by atoms with Crippen LogP contribution in [0.5, 0.6) is 0 Å². The third-order valence-electron chi connectivity index (χ3n) is 5.11. The Morgan fingerprint density at radius 1 is 1.13 bits per heavy atom. The fourth-order valence-electron chi connectivity index (χ4n) is 3.44. The van der Waals surface area contributed by atoms with Gasteiger partial charge in [-0.1, -0.05) is 36.4 Å². The molecular weight excluding hydrogens is 408 g/mol. The lowest BCUT2D eigenvalue weighted by Gasteiger charge is -2.23. The molecule has 0 fully saturated rings. The average Bonchev–Trinajstić information content (AvgIpc) is 3.21. The lowest BCUT2D eigenvalue weighted by molar-refractivity contribution is -0.118. The van der Waals surface area contributed by atoms with Crippen molar-refractivity contribution < 1.29 is 9.59 Å². The smallest absolute Gasteiger partial charge is 0.267 e. The number of carbonyl (C=O) groups is 2. The van der Waals surface area contributed by atoms with Crippen LogP contribution in [-0.4, -0.2) is 29.1 Å². The third kappa shape index (κ3) is 5.06. The normalized spacial score (nSPS) is 13.8. The van der Waals surface area contributed by atoms with E-state index in [1.54, 1.807) is 11.3 Å². The summed E-state index contributed by atoms with van der Waals surface area (Å²) in [4.78, 5) is 29.4. The van der Waals surface area contributed by atoms with Crippen LogP contribution in [0.1, 0.15) is 29.0 Å². The summed E-state index contributed by atoms with van der Waals surface area (Å²) in [6.45, 7) is 4.46. The van der Waals surface area contributed by atoms with E-state index in [9.17, 15) is 9.59 Å². The molecule has 1 aromatic heterocycles. The monoisotopic (exact) mass is 432 g/mol. The van der Waals surface area contributed by atoms with Gasteiger partial charge in [0.1, 0.15) is 5.71 Å². The molecule has 2 amide bonds. The van der Waals surface area contributed by atoms with E-state index < -0.39 is 0 Å². The Labute approximate surface area is 185 Å². The van der Waals surface area contributed by atoms with Gasteiger partial charge in [-0.2, -0.15) is 5.10 Å². The quantitative estimate of drug-likeness (QED) is 0.632. The van der Waals surface area contributed by atoms with Gasteiger partial charge in [0.05, 0.1) is 16.4 Å². The molecule has 2 aromatic carbocycles. The number of rotatable bonds is 6. The zero-order valence-electron chi connectivity index (χ0n) is 17.6. The fraction of sp³-hybridized carbons (Fsp3) is 0.250. The highest BCUT2D eigenvalue weighted by Gasteiger charge is 2.25. The van der Waals surface area contributed by atoms with Gasteiger partial charge in [0.25, 0.3) is 5.91 Å². The Bertz CT molecular complexity index is 1130. The van der Waals surface area contributed by atoms with Crippen molar-refractivity contribution in [3.63, 3.8) is 0 Å². The van der Waals surface area contributed by atoms with Gasteiger partial charge in [0.2, 0.25) is 5.91 Å². The van der Waals surface area contributed by atoms with Crippen LogP contribution in [0.4, 0.5) is 5.69 Å². The Kier molecular flexibility index (Phi) is 6.23. The van der Waals surface area contributed by atoms with Gasteiger partial charge in [0, 0.05) is 30.3 Å². The Morgan fingerprint density at radius 3 is 2.65 bits per heavy atom. The van der Waals surface area contributed by atoms with Crippen molar-refractivity contribution in [1.29, 1.82) is 0 Å². The lowest BCUT2D eigenvalue weighted by Crippen LogP contribution is -2.39. The maximum absolute atomic E-state index is 12.6. The van der Waals surface area contributed by atoms with Crippen LogP contribution in [0.3, 0.4) is 0 Å². The highest BCUT2D eigenvalue weighted by Crippen LogP contribution is 2.22. The van der Waals surface area contributed by atoms with E-state index in [4.69, 9.17) is 0 Å². The molecule has 0 aliphatic carbocycles. The highest BCUT2D eigenvalue weighted by atomic mass is 32.1. The predicted molar refractivity (Wildman–Crippen MR) is 124 cm³/mol. The van der Waals surface area contributed by atoms with Crippen LogP contribution in [0.25, 0.3) is 11.3 Å². The number of hydrogen-bond acceptors (Lipinski definition) is 5. The number of anilines is 1. The molecule has 6 nitrogen and oxygen atoms in total. The molecule has 4 rings (SSSR count). The third-order valence-corrected chi connectivity index (χ3v) is 5.88. The minimum Gasteiger partial charge on any atom is -0.351 e. The van der Waals surface area contributed by atoms with E-state index in [0.29, 0.717) is 24.4 Å². The molecule has 1 aliphatic rings. The van der Waals surface area contributed by atoms with Crippen LogP contribution < -0.4 is 10.3 Å². The number of benzene rings is 2. The van der Waals surface area contributed by atoms with Crippen LogP contribution in [0.2, 0.25) is 0 Å². The molecule has 7 heteroatoms. The first kappa shape index (κ1) is 20.9. The van der Waals surface area contributed by atoms with Gasteiger partial charge in [-0.25, -0.2) is 9.99 Å². The molecule has 1 aliphatic heterocycles. The number of aromatic nitrogens is 1. The summed E-state index contributed by atoms with van der Waals surface area (Å²) in [7, 11) is 0. The first-order chi connectivity index (χ1) is 15.0. The number of hydrazone groups is 1. The summed E-state index contributed by atoms with van der Waals surface area (Å²) in [6.07, 6.45) is 1.35.